The number of anilines is 1. The van der Waals surface area contributed by atoms with Gasteiger partial charge >= 0.3 is 0 Å². The fourth-order valence-corrected chi connectivity index (χ4v) is 2.07. The average molecular weight is 221 g/mol. The molecule has 0 aromatic heterocycles. The minimum atomic E-state index is 0.793. The van der Waals surface area contributed by atoms with Crippen LogP contribution in [0.5, 0.6) is 5.75 Å². The lowest BCUT2D eigenvalue weighted by Gasteiger charge is -2.07. The SMILES string of the molecule is C#CCCCSc1cc(OC)ccc1N. The Bertz CT molecular complexity index is 357. The highest BCUT2D eigenvalue weighted by molar-refractivity contribution is 7.99. The van der Waals surface area contributed by atoms with Crippen molar-refractivity contribution in [3.8, 4) is 18.1 Å². The van der Waals surface area contributed by atoms with Gasteiger partial charge in [0.25, 0.3) is 0 Å². The normalized spacial score (nSPS) is 9.60. The van der Waals surface area contributed by atoms with Gasteiger partial charge in [-0.1, -0.05) is 0 Å². The first-order valence-corrected chi connectivity index (χ1v) is 5.76. The van der Waals surface area contributed by atoms with Gasteiger partial charge in [0.15, 0.2) is 0 Å². The number of nitrogens with two attached hydrogens (primary N) is 1. The molecule has 0 aliphatic carbocycles. The van der Waals surface area contributed by atoms with Crippen LogP contribution >= 0.6 is 11.8 Å². The first-order valence-electron chi connectivity index (χ1n) is 4.77. The number of rotatable bonds is 5. The van der Waals surface area contributed by atoms with E-state index in [0.717, 1.165) is 34.9 Å². The molecule has 0 saturated heterocycles. The summed E-state index contributed by atoms with van der Waals surface area (Å²) in [5.41, 5.74) is 6.64. The number of unbranched alkanes of at least 4 members (excludes halogenated alkanes) is 1. The smallest absolute Gasteiger partial charge is 0.120 e. The number of methoxy groups -OCH3 is 1. The number of ether oxygens (including phenoxy) is 1. The van der Waals surface area contributed by atoms with Crippen LogP contribution in [0.1, 0.15) is 12.8 Å². The van der Waals surface area contributed by atoms with Crippen molar-refractivity contribution in [2.75, 3.05) is 18.6 Å². The van der Waals surface area contributed by atoms with Crippen molar-refractivity contribution >= 4 is 17.4 Å². The number of hydrogen-bond donors (Lipinski definition) is 1. The first kappa shape index (κ1) is 11.8. The Kier molecular flexibility index (Phi) is 4.92. The molecule has 0 spiro atoms. The topological polar surface area (TPSA) is 35.2 Å². The second kappa shape index (κ2) is 6.26. The summed E-state index contributed by atoms with van der Waals surface area (Å²) in [5.74, 6) is 4.45. The standard InChI is InChI=1S/C12H15NOS/c1-3-4-5-8-15-12-9-10(14-2)6-7-11(12)13/h1,6-7,9H,4-5,8,13H2,2H3. The molecule has 1 aromatic carbocycles. The molecule has 80 valence electrons. The van der Waals surface area contributed by atoms with Crippen LogP contribution in [0.15, 0.2) is 23.1 Å². The summed E-state index contributed by atoms with van der Waals surface area (Å²) in [6.07, 6.45) is 7.01. The van der Waals surface area contributed by atoms with Gasteiger partial charge in [0, 0.05) is 17.0 Å². The van der Waals surface area contributed by atoms with Crippen molar-refractivity contribution in [2.24, 2.45) is 0 Å². The Morgan fingerprint density at radius 1 is 1.53 bits per heavy atom. The highest BCUT2D eigenvalue weighted by atomic mass is 32.2. The van der Waals surface area contributed by atoms with E-state index in [1.165, 1.54) is 0 Å². The van der Waals surface area contributed by atoms with Gasteiger partial charge in [-0.2, -0.15) is 0 Å². The summed E-state index contributed by atoms with van der Waals surface area (Å²) in [7, 11) is 1.65. The van der Waals surface area contributed by atoms with E-state index in [1.807, 2.05) is 18.2 Å². The quantitative estimate of drug-likeness (QED) is 0.359. The Hall–Kier alpha value is -1.27. The predicted octanol–water partition coefficient (Wildman–Crippen LogP) is 2.78. The maximum absolute atomic E-state index is 5.84. The summed E-state index contributed by atoms with van der Waals surface area (Å²) in [5, 5.41) is 0. The maximum atomic E-state index is 5.84. The minimum absolute atomic E-state index is 0.793. The molecule has 0 bridgehead atoms. The van der Waals surface area contributed by atoms with Crippen LogP contribution in [-0.4, -0.2) is 12.9 Å². The zero-order valence-corrected chi connectivity index (χ0v) is 9.64. The van der Waals surface area contributed by atoms with Gasteiger partial charge < -0.3 is 10.5 Å². The molecule has 0 unspecified atom stereocenters. The summed E-state index contributed by atoms with van der Waals surface area (Å²) >= 11 is 1.72. The van der Waals surface area contributed by atoms with Crippen LogP contribution in [0.2, 0.25) is 0 Å². The van der Waals surface area contributed by atoms with Crippen molar-refractivity contribution in [1.82, 2.24) is 0 Å². The van der Waals surface area contributed by atoms with E-state index in [2.05, 4.69) is 5.92 Å². The maximum Gasteiger partial charge on any atom is 0.120 e. The van der Waals surface area contributed by atoms with Crippen molar-refractivity contribution in [1.29, 1.82) is 0 Å². The van der Waals surface area contributed by atoms with Crippen molar-refractivity contribution in [3.63, 3.8) is 0 Å². The van der Waals surface area contributed by atoms with Gasteiger partial charge in [-0.3, -0.25) is 0 Å². The van der Waals surface area contributed by atoms with E-state index in [4.69, 9.17) is 16.9 Å². The van der Waals surface area contributed by atoms with E-state index in [-0.39, 0.29) is 0 Å². The Morgan fingerprint density at radius 3 is 3.00 bits per heavy atom. The van der Waals surface area contributed by atoms with Gasteiger partial charge in [-0.05, 0) is 30.4 Å². The molecule has 1 aromatic rings. The van der Waals surface area contributed by atoms with Crippen LogP contribution in [0, 0.1) is 12.3 Å². The molecule has 15 heavy (non-hydrogen) atoms. The van der Waals surface area contributed by atoms with Crippen LogP contribution in [0.25, 0.3) is 0 Å². The van der Waals surface area contributed by atoms with Crippen molar-refractivity contribution in [2.45, 2.75) is 17.7 Å². The molecule has 0 amide bonds. The molecular formula is C12H15NOS. The zero-order valence-electron chi connectivity index (χ0n) is 8.82. The molecule has 0 atom stereocenters. The molecule has 0 fully saturated rings. The Morgan fingerprint density at radius 2 is 2.33 bits per heavy atom. The highest BCUT2D eigenvalue weighted by Gasteiger charge is 2.01. The summed E-state index contributed by atoms with van der Waals surface area (Å²) in [4.78, 5) is 1.06. The molecule has 1 rings (SSSR count). The zero-order chi connectivity index (χ0) is 11.1. The third kappa shape index (κ3) is 3.77. The molecule has 0 aliphatic rings. The number of thioether (sulfide) groups is 1. The van der Waals surface area contributed by atoms with Gasteiger partial charge in [0.05, 0.1) is 7.11 Å². The largest absolute Gasteiger partial charge is 0.497 e. The lowest BCUT2D eigenvalue weighted by atomic mass is 10.3. The lowest BCUT2D eigenvalue weighted by molar-refractivity contribution is 0.414. The van der Waals surface area contributed by atoms with Crippen molar-refractivity contribution in [3.05, 3.63) is 18.2 Å². The third-order valence-electron chi connectivity index (χ3n) is 1.94. The molecular weight excluding hydrogens is 206 g/mol. The number of hydrogen-bond acceptors (Lipinski definition) is 3. The summed E-state index contributed by atoms with van der Waals surface area (Å²) < 4.78 is 5.14. The fraction of sp³-hybridized carbons (Fsp3) is 0.333. The van der Waals surface area contributed by atoms with E-state index in [9.17, 15) is 0 Å². The molecule has 0 radical (unpaired) electrons. The van der Waals surface area contributed by atoms with E-state index in [0.29, 0.717) is 0 Å². The lowest BCUT2D eigenvalue weighted by Crippen LogP contribution is -1.91. The molecule has 0 aliphatic heterocycles. The molecule has 0 heterocycles. The summed E-state index contributed by atoms with van der Waals surface area (Å²) in [6.45, 7) is 0. The van der Waals surface area contributed by atoms with Crippen molar-refractivity contribution < 1.29 is 4.74 Å². The second-order valence-corrected chi connectivity index (χ2v) is 4.20. The van der Waals surface area contributed by atoms with Crippen LogP contribution in [-0.2, 0) is 0 Å². The Balaban J connectivity index is 2.56. The fourth-order valence-electron chi connectivity index (χ4n) is 1.12. The molecule has 2 N–H and O–H groups in total. The third-order valence-corrected chi connectivity index (χ3v) is 3.10. The van der Waals surface area contributed by atoms with Gasteiger partial charge in [-0.25, -0.2) is 0 Å². The number of benzene rings is 1. The second-order valence-electron chi connectivity index (χ2n) is 3.06. The van der Waals surface area contributed by atoms with Gasteiger partial charge in [0.2, 0.25) is 0 Å². The van der Waals surface area contributed by atoms with Crippen LogP contribution in [0.3, 0.4) is 0 Å². The highest BCUT2D eigenvalue weighted by Crippen LogP contribution is 2.29. The van der Waals surface area contributed by atoms with Gasteiger partial charge in [0.1, 0.15) is 5.75 Å². The van der Waals surface area contributed by atoms with Crippen LogP contribution in [0.4, 0.5) is 5.69 Å². The summed E-state index contributed by atoms with van der Waals surface area (Å²) in [6, 6.07) is 5.68. The van der Waals surface area contributed by atoms with Gasteiger partial charge in [-0.15, -0.1) is 24.1 Å². The number of terminal acetylenes is 1. The number of nitrogen functional groups attached to an aromatic ring is 1. The van der Waals surface area contributed by atoms with E-state index < -0.39 is 0 Å². The first-order chi connectivity index (χ1) is 7.27. The van der Waals surface area contributed by atoms with E-state index >= 15 is 0 Å². The predicted molar refractivity (Wildman–Crippen MR) is 66.2 cm³/mol. The monoisotopic (exact) mass is 221 g/mol. The molecule has 0 saturated carbocycles. The average Bonchev–Trinajstić information content (AvgIpc) is 2.26. The molecule has 3 heteroatoms. The van der Waals surface area contributed by atoms with Crippen LogP contribution < -0.4 is 10.5 Å². The molecule has 2 nitrogen and oxygen atoms in total. The van der Waals surface area contributed by atoms with E-state index in [1.54, 1.807) is 18.9 Å². The Labute approximate surface area is 95.2 Å². The minimum Gasteiger partial charge on any atom is -0.497 e.